The van der Waals surface area contributed by atoms with Crippen LogP contribution in [0.25, 0.3) is 6.08 Å². The number of fused-ring (bicyclic) bond motifs is 1. The smallest absolute Gasteiger partial charge is 0.338 e. The zero-order valence-electron chi connectivity index (χ0n) is 16.5. The SMILES string of the molecule is CC1=C(C(=O)OC(C)C)C(c2cccs2)n2c(s/c(=C\c3ccc(C)o3)c2=O)=N1. The van der Waals surface area contributed by atoms with Crippen LogP contribution in [-0.2, 0) is 9.53 Å². The molecule has 0 fully saturated rings. The topological polar surface area (TPSA) is 73.8 Å². The summed E-state index contributed by atoms with van der Waals surface area (Å²) >= 11 is 2.78. The monoisotopic (exact) mass is 428 g/mol. The van der Waals surface area contributed by atoms with Crippen molar-refractivity contribution in [1.82, 2.24) is 4.57 Å². The molecule has 0 N–H and O–H groups in total. The van der Waals surface area contributed by atoms with Gasteiger partial charge in [-0.3, -0.25) is 9.36 Å². The van der Waals surface area contributed by atoms with E-state index in [2.05, 4.69) is 4.99 Å². The largest absolute Gasteiger partial charge is 0.462 e. The van der Waals surface area contributed by atoms with Gasteiger partial charge in [-0.05, 0) is 51.3 Å². The summed E-state index contributed by atoms with van der Waals surface area (Å²) in [6.45, 7) is 7.24. The van der Waals surface area contributed by atoms with Crippen molar-refractivity contribution >= 4 is 34.7 Å². The summed E-state index contributed by atoms with van der Waals surface area (Å²) in [7, 11) is 0. The van der Waals surface area contributed by atoms with Crippen LogP contribution in [0, 0.1) is 6.92 Å². The molecule has 0 amide bonds. The number of hydrogen-bond donors (Lipinski definition) is 0. The van der Waals surface area contributed by atoms with Gasteiger partial charge in [-0.25, -0.2) is 9.79 Å². The van der Waals surface area contributed by atoms with E-state index in [9.17, 15) is 9.59 Å². The second-order valence-corrected chi connectivity index (χ2v) is 8.99. The molecule has 1 aliphatic heterocycles. The molecule has 3 aromatic rings. The first-order chi connectivity index (χ1) is 13.8. The van der Waals surface area contributed by atoms with Gasteiger partial charge in [0.25, 0.3) is 5.56 Å². The Morgan fingerprint density at radius 1 is 1.31 bits per heavy atom. The van der Waals surface area contributed by atoms with E-state index in [1.165, 1.54) is 22.7 Å². The number of thiophene rings is 1. The summed E-state index contributed by atoms with van der Waals surface area (Å²) in [6, 6.07) is 6.94. The number of thiazole rings is 1. The first-order valence-electron chi connectivity index (χ1n) is 9.18. The van der Waals surface area contributed by atoms with Gasteiger partial charge >= 0.3 is 5.97 Å². The number of esters is 1. The van der Waals surface area contributed by atoms with E-state index in [0.717, 1.165) is 10.6 Å². The van der Waals surface area contributed by atoms with Gasteiger partial charge in [0.15, 0.2) is 4.80 Å². The Bertz CT molecular complexity index is 1270. The summed E-state index contributed by atoms with van der Waals surface area (Å²) in [5.74, 6) is 0.932. The molecule has 0 bridgehead atoms. The number of rotatable bonds is 4. The fourth-order valence-electron chi connectivity index (χ4n) is 3.24. The minimum Gasteiger partial charge on any atom is -0.462 e. The van der Waals surface area contributed by atoms with Gasteiger partial charge in [0.05, 0.1) is 21.9 Å². The van der Waals surface area contributed by atoms with Crippen LogP contribution in [0.3, 0.4) is 0 Å². The first kappa shape index (κ1) is 19.6. The predicted molar refractivity (Wildman–Crippen MR) is 113 cm³/mol. The number of furan rings is 1. The van der Waals surface area contributed by atoms with Crippen molar-refractivity contribution in [3.8, 4) is 0 Å². The molecule has 1 aliphatic rings. The summed E-state index contributed by atoms with van der Waals surface area (Å²) in [5, 5.41) is 1.93. The molecular weight excluding hydrogens is 408 g/mol. The average molecular weight is 429 g/mol. The third-order valence-corrected chi connectivity index (χ3v) is 6.34. The third-order valence-electron chi connectivity index (χ3n) is 4.43. The highest BCUT2D eigenvalue weighted by Gasteiger charge is 2.34. The van der Waals surface area contributed by atoms with Crippen molar-refractivity contribution in [1.29, 1.82) is 0 Å². The summed E-state index contributed by atoms with van der Waals surface area (Å²) < 4.78 is 13.1. The summed E-state index contributed by atoms with van der Waals surface area (Å²) in [4.78, 5) is 32.2. The molecule has 6 nitrogen and oxygen atoms in total. The van der Waals surface area contributed by atoms with Gasteiger partial charge in [0.1, 0.15) is 17.6 Å². The minimum absolute atomic E-state index is 0.205. The maximum absolute atomic E-state index is 13.3. The second kappa shape index (κ2) is 7.61. The van der Waals surface area contributed by atoms with E-state index in [1.807, 2.05) is 36.6 Å². The Kier molecular flexibility index (Phi) is 5.14. The van der Waals surface area contributed by atoms with Crippen LogP contribution in [-0.4, -0.2) is 16.6 Å². The van der Waals surface area contributed by atoms with Crippen molar-refractivity contribution in [2.75, 3.05) is 0 Å². The van der Waals surface area contributed by atoms with E-state index in [0.29, 0.717) is 26.4 Å². The molecule has 29 heavy (non-hydrogen) atoms. The van der Waals surface area contributed by atoms with Gasteiger partial charge < -0.3 is 9.15 Å². The van der Waals surface area contributed by atoms with Gasteiger partial charge in [-0.15, -0.1) is 11.3 Å². The highest BCUT2D eigenvalue weighted by molar-refractivity contribution is 7.10. The molecule has 3 aromatic heterocycles. The van der Waals surface area contributed by atoms with Gasteiger partial charge in [0.2, 0.25) is 0 Å². The van der Waals surface area contributed by atoms with Crippen molar-refractivity contribution in [3.05, 3.63) is 77.0 Å². The molecule has 8 heteroatoms. The van der Waals surface area contributed by atoms with Crippen LogP contribution in [0.1, 0.15) is 43.2 Å². The van der Waals surface area contributed by atoms with E-state index in [4.69, 9.17) is 9.15 Å². The predicted octanol–water partition coefficient (Wildman–Crippen LogP) is 3.15. The van der Waals surface area contributed by atoms with Crippen LogP contribution >= 0.6 is 22.7 Å². The van der Waals surface area contributed by atoms with Crippen LogP contribution in [0.5, 0.6) is 0 Å². The van der Waals surface area contributed by atoms with Crippen LogP contribution in [0.2, 0.25) is 0 Å². The van der Waals surface area contributed by atoms with E-state index in [1.54, 1.807) is 31.4 Å². The van der Waals surface area contributed by atoms with Crippen molar-refractivity contribution in [3.63, 3.8) is 0 Å². The van der Waals surface area contributed by atoms with Crippen LogP contribution in [0.15, 0.2) is 55.1 Å². The second-order valence-electron chi connectivity index (χ2n) is 7.00. The highest BCUT2D eigenvalue weighted by atomic mass is 32.1. The first-order valence-corrected chi connectivity index (χ1v) is 10.9. The molecule has 0 saturated heterocycles. The number of carbonyl (C=O) groups excluding carboxylic acids is 1. The van der Waals surface area contributed by atoms with E-state index in [-0.39, 0.29) is 11.7 Å². The lowest BCUT2D eigenvalue weighted by atomic mass is 10.0. The lowest BCUT2D eigenvalue weighted by Gasteiger charge is -2.24. The summed E-state index contributed by atoms with van der Waals surface area (Å²) in [6.07, 6.45) is 1.45. The Labute approximate surface area is 175 Å². The van der Waals surface area contributed by atoms with Gasteiger partial charge in [-0.2, -0.15) is 0 Å². The third kappa shape index (κ3) is 3.65. The fourth-order valence-corrected chi connectivity index (χ4v) is 5.09. The molecule has 0 radical (unpaired) electrons. The number of carbonyl (C=O) groups is 1. The number of allylic oxidation sites excluding steroid dienone is 1. The molecule has 0 aliphatic carbocycles. The summed E-state index contributed by atoms with van der Waals surface area (Å²) in [5.41, 5.74) is 0.758. The Morgan fingerprint density at radius 2 is 2.10 bits per heavy atom. The van der Waals surface area contributed by atoms with Crippen LogP contribution < -0.4 is 14.9 Å². The molecule has 0 spiro atoms. The van der Waals surface area contributed by atoms with E-state index < -0.39 is 12.0 Å². The molecular formula is C21H20N2O4S2. The van der Waals surface area contributed by atoms with Crippen molar-refractivity contribution in [2.45, 2.75) is 39.8 Å². The quantitative estimate of drug-likeness (QED) is 0.599. The molecule has 150 valence electrons. The maximum atomic E-state index is 13.3. The van der Waals surface area contributed by atoms with Gasteiger partial charge in [-0.1, -0.05) is 17.4 Å². The molecule has 0 aromatic carbocycles. The lowest BCUT2D eigenvalue weighted by Crippen LogP contribution is -2.39. The fraction of sp³-hybridized carbons (Fsp3) is 0.286. The average Bonchev–Trinajstić information content (AvgIpc) is 3.36. The molecule has 1 unspecified atom stereocenters. The van der Waals surface area contributed by atoms with Gasteiger partial charge in [0, 0.05) is 11.0 Å². The van der Waals surface area contributed by atoms with Crippen molar-refractivity contribution in [2.24, 2.45) is 4.99 Å². The molecule has 4 heterocycles. The molecule has 1 atom stereocenters. The molecule has 4 rings (SSSR count). The number of aryl methyl sites for hydroxylation is 1. The Balaban J connectivity index is 1.93. The van der Waals surface area contributed by atoms with E-state index >= 15 is 0 Å². The Morgan fingerprint density at radius 3 is 2.72 bits per heavy atom. The minimum atomic E-state index is -0.557. The lowest BCUT2D eigenvalue weighted by molar-refractivity contribution is -0.143. The zero-order valence-corrected chi connectivity index (χ0v) is 18.1. The number of aromatic nitrogens is 1. The zero-order chi connectivity index (χ0) is 20.7. The standard InChI is InChI=1S/C21H20N2O4S2/c1-11(2)26-20(25)17-13(4)22-21-23(18(17)15-6-5-9-28-15)19(24)16(29-21)10-14-8-7-12(3)27-14/h5-11,18H,1-4H3/b16-10-. The maximum Gasteiger partial charge on any atom is 0.338 e. The highest BCUT2D eigenvalue weighted by Crippen LogP contribution is 2.33. The van der Waals surface area contributed by atoms with Crippen LogP contribution in [0.4, 0.5) is 0 Å². The normalized spacial score (nSPS) is 16.9. The number of nitrogens with zero attached hydrogens (tertiary/aromatic N) is 2. The number of hydrogen-bond acceptors (Lipinski definition) is 7. The molecule has 0 saturated carbocycles. The number of ether oxygens (including phenoxy) is 1. The Hall–Kier alpha value is -2.71. The van der Waals surface area contributed by atoms with Crippen molar-refractivity contribution < 1.29 is 13.9 Å².